The lowest BCUT2D eigenvalue weighted by molar-refractivity contribution is -0.161. The SMILES string of the molecule is CC(C)CCCCCCCCCCCCCCCCCC(=O)O[C@H](COC(=O)CCCCCCCCCCCCC(C)C)COP(=O)(O)OCC(O)COP(=O)(O)OC[C@@H](COC(=O)CCCCCCCCCC(C)C)OC(=O)CCCCCCCCCC(C)C. The van der Waals surface area contributed by atoms with Crippen LogP contribution in [0.4, 0.5) is 0 Å². The van der Waals surface area contributed by atoms with Crippen molar-refractivity contribution in [3.05, 3.63) is 0 Å². The van der Waals surface area contributed by atoms with E-state index < -0.39 is 97.5 Å². The molecule has 0 fully saturated rings. The van der Waals surface area contributed by atoms with Gasteiger partial charge in [0.1, 0.15) is 19.3 Å². The van der Waals surface area contributed by atoms with E-state index in [9.17, 15) is 43.2 Å². The first kappa shape index (κ1) is 89.1. The Labute approximate surface area is 556 Å². The zero-order valence-electron chi connectivity index (χ0n) is 59.5. The van der Waals surface area contributed by atoms with Crippen molar-refractivity contribution in [1.82, 2.24) is 0 Å². The van der Waals surface area contributed by atoms with Gasteiger partial charge in [0.2, 0.25) is 0 Å². The first-order chi connectivity index (χ1) is 43.6. The topological polar surface area (TPSA) is 237 Å². The number of rotatable bonds is 69. The number of esters is 4. The third-order valence-electron chi connectivity index (χ3n) is 16.6. The van der Waals surface area contributed by atoms with Crippen LogP contribution in [-0.2, 0) is 65.4 Å². The van der Waals surface area contributed by atoms with Gasteiger partial charge in [-0.3, -0.25) is 37.3 Å². The highest BCUT2D eigenvalue weighted by molar-refractivity contribution is 7.47. The normalized spacial score (nSPS) is 14.2. The molecule has 0 rings (SSSR count). The molecule has 91 heavy (non-hydrogen) atoms. The maximum Gasteiger partial charge on any atom is 0.472 e. The van der Waals surface area contributed by atoms with E-state index in [4.69, 9.17) is 37.0 Å². The first-order valence-electron chi connectivity index (χ1n) is 37.2. The molecule has 0 aromatic rings. The minimum atomic E-state index is -4.95. The molecule has 0 amide bonds. The number of carbonyl (C=O) groups is 4. The monoisotopic (exact) mass is 1340 g/mol. The van der Waals surface area contributed by atoms with Gasteiger partial charge in [0.15, 0.2) is 12.2 Å². The molecule has 5 atom stereocenters. The van der Waals surface area contributed by atoms with E-state index in [1.165, 1.54) is 154 Å². The Hall–Kier alpha value is -1.94. The van der Waals surface area contributed by atoms with Crippen molar-refractivity contribution < 1.29 is 80.2 Å². The van der Waals surface area contributed by atoms with E-state index in [0.717, 1.165) is 108 Å². The van der Waals surface area contributed by atoms with Crippen molar-refractivity contribution in [3.63, 3.8) is 0 Å². The van der Waals surface area contributed by atoms with Crippen LogP contribution in [0.5, 0.6) is 0 Å². The van der Waals surface area contributed by atoms with Gasteiger partial charge < -0.3 is 33.8 Å². The molecule has 0 aliphatic carbocycles. The second-order valence-corrected chi connectivity index (χ2v) is 30.8. The van der Waals surface area contributed by atoms with E-state index >= 15 is 0 Å². The molecule has 0 bridgehead atoms. The number of hydrogen-bond acceptors (Lipinski definition) is 15. The van der Waals surface area contributed by atoms with Gasteiger partial charge in [-0.25, -0.2) is 9.13 Å². The average molecular weight is 1340 g/mol. The van der Waals surface area contributed by atoms with Crippen LogP contribution in [0, 0.1) is 23.7 Å². The molecular weight excluding hydrogens is 1200 g/mol. The predicted octanol–water partition coefficient (Wildman–Crippen LogP) is 20.5. The summed E-state index contributed by atoms with van der Waals surface area (Å²) in [7, 11) is -9.90. The molecule has 540 valence electrons. The molecule has 0 radical (unpaired) electrons. The Morgan fingerprint density at radius 3 is 0.681 bits per heavy atom. The predicted molar refractivity (Wildman–Crippen MR) is 367 cm³/mol. The number of unbranched alkanes of at least 4 members (excludes halogenated alkanes) is 35. The summed E-state index contributed by atoms with van der Waals surface area (Å²) in [6.07, 6.45) is 44.6. The van der Waals surface area contributed by atoms with Crippen molar-refractivity contribution in [3.8, 4) is 0 Å². The molecule has 17 nitrogen and oxygen atoms in total. The van der Waals surface area contributed by atoms with Crippen LogP contribution in [-0.4, -0.2) is 96.7 Å². The van der Waals surface area contributed by atoms with E-state index in [-0.39, 0.29) is 25.7 Å². The third kappa shape index (κ3) is 66.5. The maximum absolute atomic E-state index is 13.0. The van der Waals surface area contributed by atoms with Gasteiger partial charge in [-0.2, -0.15) is 0 Å². The van der Waals surface area contributed by atoms with Crippen LogP contribution >= 0.6 is 15.6 Å². The second kappa shape index (κ2) is 61.6. The highest BCUT2D eigenvalue weighted by atomic mass is 31.2. The Balaban J connectivity index is 5.23. The number of aliphatic hydroxyl groups excluding tert-OH is 1. The molecule has 19 heteroatoms. The highest BCUT2D eigenvalue weighted by Gasteiger charge is 2.30. The Morgan fingerprint density at radius 1 is 0.275 bits per heavy atom. The summed E-state index contributed by atoms with van der Waals surface area (Å²) < 4.78 is 68.3. The minimum absolute atomic E-state index is 0.102. The third-order valence-corrected chi connectivity index (χ3v) is 18.5. The minimum Gasteiger partial charge on any atom is -0.462 e. The first-order valence-corrected chi connectivity index (χ1v) is 40.2. The van der Waals surface area contributed by atoms with E-state index in [1.54, 1.807) is 0 Å². The fourth-order valence-electron chi connectivity index (χ4n) is 10.8. The Bertz CT molecular complexity index is 1800. The van der Waals surface area contributed by atoms with Crippen molar-refractivity contribution >= 4 is 39.5 Å². The van der Waals surface area contributed by atoms with Crippen LogP contribution in [0.1, 0.15) is 357 Å². The summed E-state index contributed by atoms with van der Waals surface area (Å²) in [4.78, 5) is 72.6. The zero-order valence-corrected chi connectivity index (χ0v) is 61.3. The summed E-state index contributed by atoms with van der Waals surface area (Å²) in [5.41, 5.74) is 0. The van der Waals surface area contributed by atoms with Gasteiger partial charge in [0.05, 0.1) is 26.4 Å². The smallest absolute Gasteiger partial charge is 0.462 e. The molecule has 3 unspecified atom stereocenters. The molecule has 0 aromatic carbocycles. The number of carbonyl (C=O) groups excluding carboxylic acids is 4. The number of ether oxygens (including phenoxy) is 4. The van der Waals surface area contributed by atoms with Crippen LogP contribution in [0.3, 0.4) is 0 Å². The van der Waals surface area contributed by atoms with E-state index in [1.807, 2.05) is 0 Å². The van der Waals surface area contributed by atoms with Crippen LogP contribution in [0.25, 0.3) is 0 Å². The summed E-state index contributed by atoms with van der Waals surface area (Å²) in [5, 5.41) is 10.6. The Kier molecular flexibility index (Phi) is 60.3. The van der Waals surface area contributed by atoms with Gasteiger partial charge in [-0.1, -0.05) is 306 Å². The lowest BCUT2D eigenvalue weighted by Crippen LogP contribution is -2.30. The van der Waals surface area contributed by atoms with Crippen LogP contribution in [0.2, 0.25) is 0 Å². The zero-order chi connectivity index (χ0) is 67.5. The second-order valence-electron chi connectivity index (χ2n) is 27.9. The lowest BCUT2D eigenvalue weighted by atomic mass is 10.0. The summed E-state index contributed by atoms with van der Waals surface area (Å²) >= 11 is 0. The molecule has 0 spiro atoms. The summed E-state index contributed by atoms with van der Waals surface area (Å²) in [6.45, 7) is 14.1. The summed E-state index contributed by atoms with van der Waals surface area (Å²) in [5.74, 6) is 0.833. The van der Waals surface area contributed by atoms with E-state index in [2.05, 4.69) is 55.4 Å². The van der Waals surface area contributed by atoms with Crippen LogP contribution in [0.15, 0.2) is 0 Å². The van der Waals surface area contributed by atoms with Crippen molar-refractivity contribution in [2.75, 3.05) is 39.6 Å². The average Bonchev–Trinajstić information content (AvgIpc) is 3.31. The molecule has 0 aliphatic heterocycles. The fraction of sp³-hybridized carbons (Fsp3) is 0.944. The highest BCUT2D eigenvalue weighted by Crippen LogP contribution is 2.45. The van der Waals surface area contributed by atoms with Gasteiger partial charge in [-0.15, -0.1) is 0 Å². The number of phosphoric ester groups is 2. The molecule has 3 N–H and O–H groups in total. The molecule has 0 aliphatic rings. The molecule has 0 saturated carbocycles. The van der Waals surface area contributed by atoms with Gasteiger partial charge >= 0.3 is 39.5 Å². The number of hydrogen-bond donors (Lipinski definition) is 3. The molecule has 0 aromatic heterocycles. The van der Waals surface area contributed by atoms with Crippen molar-refractivity contribution in [2.45, 2.75) is 375 Å². The largest absolute Gasteiger partial charge is 0.472 e. The maximum atomic E-state index is 13.0. The lowest BCUT2D eigenvalue weighted by Gasteiger charge is -2.21. The van der Waals surface area contributed by atoms with Gasteiger partial charge in [0, 0.05) is 25.7 Å². The fourth-order valence-corrected chi connectivity index (χ4v) is 12.4. The molecule has 0 heterocycles. The van der Waals surface area contributed by atoms with Gasteiger partial charge in [0.25, 0.3) is 0 Å². The van der Waals surface area contributed by atoms with Crippen LogP contribution < -0.4 is 0 Å². The summed E-state index contributed by atoms with van der Waals surface area (Å²) in [6, 6.07) is 0. The van der Waals surface area contributed by atoms with Crippen molar-refractivity contribution in [2.24, 2.45) is 23.7 Å². The number of aliphatic hydroxyl groups is 1. The standard InChI is InChI=1S/C72H140O17P2/c1-62(2)48-40-32-24-18-14-12-10-9-11-13-15-21-29-38-46-54-71(76)88-67(58-82-69(74)52-44-36-28-20-17-16-19-25-33-41-49-63(3)4)60-86-90(78,79)84-56-66(73)57-85-91(80,81)87-61-68(89-72(77)55-47-39-31-23-27-35-43-51-65(7)8)59-83-70(75)53-45-37-30-22-26-34-42-50-64(5)6/h62-68,73H,9-61H2,1-8H3,(H,78,79)(H,80,81)/t66?,67-,68-/m1/s1. The van der Waals surface area contributed by atoms with E-state index in [0.29, 0.717) is 37.5 Å². The molecular formula is C72H140O17P2. The Morgan fingerprint density at radius 2 is 0.462 bits per heavy atom. The number of phosphoric acid groups is 2. The molecule has 0 saturated heterocycles. The van der Waals surface area contributed by atoms with Crippen molar-refractivity contribution in [1.29, 1.82) is 0 Å². The van der Waals surface area contributed by atoms with Gasteiger partial charge in [-0.05, 0) is 49.4 Å². The quantitative estimate of drug-likeness (QED) is 0.0222.